The third kappa shape index (κ3) is 3.23. The maximum absolute atomic E-state index is 12.7. The largest absolute Gasteiger partial charge is 0.416 e. The summed E-state index contributed by atoms with van der Waals surface area (Å²) in [7, 11) is 0. The lowest BCUT2D eigenvalue weighted by atomic mass is 10.2. The summed E-state index contributed by atoms with van der Waals surface area (Å²) in [5.74, 6) is 0.0976. The fourth-order valence-corrected chi connectivity index (χ4v) is 1.80. The monoisotopic (exact) mass is 322 g/mol. The highest BCUT2D eigenvalue weighted by molar-refractivity contribution is 6.32. The summed E-state index contributed by atoms with van der Waals surface area (Å²) in [6, 6.07) is 3.02. The van der Waals surface area contributed by atoms with Crippen LogP contribution >= 0.6 is 23.2 Å². The number of rotatable bonds is 2. The minimum Gasteiger partial charge on any atom is -0.393 e. The number of nitrogens with two attached hydrogens (primary N) is 1. The van der Waals surface area contributed by atoms with Crippen LogP contribution in [0.5, 0.6) is 0 Å². The van der Waals surface area contributed by atoms with Gasteiger partial charge in [0.1, 0.15) is 12.0 Å². The third-order valence-corrected chi connectivity index (χ3v) is 2.84. The topological polar surface area (TPSA) is 63.8 Å². The number of hydrogen-bond donors (Lipinski definition) is 2. The number of nitrogen functional groups attached to an aromatic ring is 1. The SMILES string of the molecule is Nc1c(Cl)ncnc1Nc1cc(Cl)cc(C(F)(F)F)c1. The summed E-state index contributed by atoms with van der Waals surface area (Å²) >= 11 is 11.4. The highest BCUT2D eigenvalue weighted by Gasteiger charge is 2.31. The maximum atomic E-state index is 12.7. The van der Waals surface area contributed by atoms with Crippen LogP contribution in [0.4, 0.5) is 30.4 Å². The Kier molecular flexibility index (Phi) is 3.92. The van der Waals surface area contributed by atoms with E-state index in [9.17, 15) is 13.2 Å². The second-order valence-corrected chi connectivity index (χ2v) is 4.57. The Hall–Kier alpha value is -1.73. The van der Waals surface area contributed by atoms with Gasteiger partial charge in [0.05, 0.1) is 5.56 Å². The van der Waals surface area contributed by atoms with Crippen LogP contribution in [0.25, 0.3) is 0 Å². The molecule has 3 N–H and O–H groups in total. The van der Waals surface area contributed by atoms with E-state index in [1.54, 1.807) is 0 Å². The van der Waals surface area contributed by atoms with Crippen LogP contribution in [0, 0.1) is 0 Å². The Labute approximate surface area is 121 Å². The average Bonchev–Trinajstić information content (AvgIpc) is 2.33. The molecular formula is C11H7Cl2F3N4. The summed E-state index contributed by atoms with van der Waals surface area (Å²) in [5, 5.41) is 2.55. The van der Waals surface area contributed by atoms with Crippen LogP contribution in [0.3, 0.4) is 0 Å². The quantitative estimate of drug-likeness (QED) is 0.816. The summed E-state index contributed by atoms with van der Waals surface area (Å²) in [4.78, 5) is 7.44. The molecule has 0 saturated carbocycles. The lowest BCUT2D eigenvalue weighted by Gasteiger charge is -2.12. The number of anilines is 3. The summed E-state index contributed by atoms with van der Waals surface area (Å²) in [5.41, 5.74) is 4.85. The molecule has 0 unspecified atom stereocenters. The molecule has 1 heterocycles. The second kappa shape index (κ2) is 5.34. The van der Waals surface area contributed by atoms with Gasteiger partial charge in [-0.2, -0.15) is 13.2 Å². The summed E-state index contributed by atoms with van der Waals surface area (Å²) in [6.45, 7) is 0. The van der Waals surface area contributed by atoms with Crippen molar-refractivity contribution in [2.45, 2.75) is 6.18 Å². The fourth-order valence-electron chi connectivity index (χ4n) is 1.44. The predicted molar refractivity (Wildman–Crippen MR) is 71.2 cm³/mol. The molecule has 106 valence electrons. The number of hydrogen-bond acceptors (Lipinski definition) is 4. The molecule has 0 radical (unpaired) electrons. The maximum Gasteiger partial charge on any atom is 0.416 e. The van der Waals surface area contributed by atoms with Gasteiger partial charge in [-0.1, -0.05) is 23.2 Å². The number of nitrogens with one attached hydrogen (secondary N) is 1. The Balaban J connectivity index is 2.39. The van der Waals surface area contributed by atoms with Gasteiger partial charge in [-0.3, -0.25) is 0 Å². The van der Waals surface area contributed by atoms with Crippen molar-refractivity contribution in [2.24, 2.45) is 0 Å². The molecule has 0 fully saturated rings. The van der Waals surface area contributed by atoms with Crippen molar-refractivity contribution in [3.05, 3.63) is 40.3 Å². The smallest absolute Gasteiger partial charge is 0.393 e. The van der Waals surface area contributed by atoms with Crippen LogP contribution in [-0.2, 0) is 6.18 Å². The van der Waals surface area contributed by atoms with Crippen LogP contribution in [0.15, 0.2) is 24.5 Å². The van der Waals surface area contributed by atoms with Crippen LogP contribution in [0.1, 0.15) is 5.56 Å². The first kappa shape index (κ1) is 14.7. The van der Waals surface area contributed by atoms with Gasteiger partial charge in [0.25, 0.3) is 0 Å². The van der Waals surface area contributed by atoms with Crippen LogP contribution in [-0.4, -0.2) is 9.97 Å². The first-order valence-electron chi connectivity index (χ1n) is 5.18. The van der Waals surface area contributed by atoms with E-state index >= 15 is 0 Å². The third-order valence-electron chi connectivity index (χ3n) is 2.32. The average molecular weight is 323 g/mol. The zero-order chi connectivity index (χ0) is 14.9. The molecule has 0 bridgehead atoms. The van der Waals surface area contributed by atoms with E-state index in [0.717, 1.165) is 18.5 Å². The predicted octanol–water partition coefficient (Wildman–Crippen LogP) is 4.13. The molecule has 1 aromatic carbocycles. The van der Waals surface area contributed by atoms with Crippen LogP contribution < -0.4 is 11.1 Å². The molecule has 4 nitrogen and oxygen atoms in total. The fraction of sp³-hybridized carbons (Fsp3) is 0.0909. The zero-order valence-corrected chi connectivity index (χ0v) is 11.2. The van der Waals surface area contributed by atoms with Gasteiger partial charge in [0.2, 0.25) is 0 Å². The van der Waals surface area contributed by atoms with E-state index in [2.05, 4.69) is 15.3 Å². The Morgan fingerprint density at radius 2 is 1.80 bits per heavy atom. The molecule has 2 rings (SSSR count). The number of benzene rings is 1. The van der Waals surface area contributed by atoms with E-state index in [-0.39, 0.29) is 27.4 Å². The molecule has 0 amide bonds. The van der Waals surface area contributed by atoms with E-state index in [4.69, 9.17) is 28.9 Å². The number of halogens is 5. The molecule has 1 aromatic heterocycles. The minimum absolute atomic E-state index is 0.000530. The summed E-state index contributed by atoms with van der Waals surface area (Å²) < 4.78 is 38.0. The van der Waals surface area contributed by atoms with Gasteiger partial charge in [-0.15, -0.1) is 0 Å². The van der Waals surface area contributed by atoms with Crippen molar-refractivity contribution in [2.75, 3.05) is 11.1 Å². The Bertz CT molecular complexity index is 646. The zero-order valence-electron chi connectivity index (χ0n) is 9.67. The van der Waals surface area contributed by atoms with Gasteiger partial charge in [0.15, 0.2) is 11.0 Å². The first-order chi connectivity index (χ1) is 9.27. The molecule has 0 atom stereocenters. The van der Waals surface area contributed by atoms with Crippen molar-refractivity contribution in [3.63, 3.8) is 0 Å². The Morgan fingerprint density at radius 1 is 1.10 bits per heavy atom. The summed E-state index contributed by atoms with van der Waals surface area (Å²) in [6.07, 6.45) is -3.37. The van der Waals surface area contributed by atoms with Crippen molar-refractivity contribution in [1.82, 2.24) is 9.97 Å². The molecule has 20 heavy (non-hydrogen) atoms. The standard InChI is InChI=1S/C11H7Cl2F3N4/c12-6-1-5(11(14,15)16)2-7(3-6)20-10-8(17)9(13)18-4-19-10/h1-4H,17H2,(H,18,19,20). The highest BCUT2D eigenvalue weighted by atomic mass is 35.5. The van der Waals surface area contributed by atoms with Crippen LogP contribution in [0.2, 0.25) is 10.2 Å². The van der Waals surface area contributed by atoms with E-state index in [0.29, 0.717) is 0 Å². The van der Waals surface area contributed by atoms with Gasteiger partial charge < -0.3 is 11.1 Å². The van der Waals surface area contributed by atoms with Crippen molar-refractivity contribution in [1.29, 1.82) is 0 Å². The number of nitrogens with zero attached hydrogens (tertiary/aromatic N) is 2. The number of aromatic nitrogens is 2. The minimum atomic E-state index is -4.50. The molecule has 0 aliphatic heterocycles. The molecule has 0 saturated heterocycles. The first-order valence-corrected chi connectivity index (χ1v) is 5.94. The van der Waals surface area contributed by atoms with Gasteiger partial charge in [0, 0.05) is 10.7 Å². The van der Waals surface area contributed by atoms with Gasteiger partial charge >= 0.3 is 6.18 Å². The van der Waals surface area contributed by atoms with Crippen molar-refractivity contribution < 1.29 is 13.2 Å². The van der Waals surface area contributed by atoms with E-state index in [1.165, 1.54) is 6.07 Å². The molecular weight excluding hydrogens is 316 g/mol. The lowest BCUT2D eigenvalue weighted by Crippen LogP contribution is -2.06. The molecule has 0 aliphatic carbocycles. The number of alkyl halides is 3. The molecule has 9 heteroatoms. The van der Waals surface area contributed by atoms with Crippen molar-refractivity contribution >= 4 is 40.4 Å². The van der Waals surface area contributed by atoms with Gasteiger partial charge in [-0.05, 0) is 18.2 Å². The van der Waals surface area contributed by atoms with Crippen molar-refractivity contribution in [3.8, 4) is 0 Å². The van der Waals surface area contributed by atoms with E-state index in [1.807, 2.05) is 0 Å². The van der Waals surface area contributed by atoms with Gasteiger partial charge in [-0.25, -0.2) is 9.97 Å². The molecule has 2 aromatic rings. The molecule has 0 spiro atoms. The lowest BCUT2D eigenvalue weighted by molar-refractivity contribution is -0.137. The molecule has 0 aliphatic rings. The second-order valence-electron chi connectivity index (χ2n) is 3.78. The highest BCUT2D eigenvalue weighted by Crippen LogP contribution is 2.34. The van der Waals surface area contributed by atoms with E-state index < -0.39 is 11.7 Å². The Morgan fingerprint density at radius 3 is 2.45 bits per heavy atom. The normalized spacial score (nSPS) is 11.4.